The number of carbonyl (C=O) groups excluding carboxylic acids is 1. The number of benzene rings is 1. The summed E-state index contributed by atoms with van der Waals surface area (Å²) in [5, 5.41) is 0. The first kappa shape index (κ1) is 9.74. The molecule has 3 heteroatoms. The Morgan fingerprint density at radius 1 is 1.46 bits per heavy atom. The molecule has 1 rings (SSSR count). The number of hydrogen-bond acceptors (Lipinski definition) is 2. The van der Waals surface area contributed by atoms with Crippen molar-refractivity contribution in [1.82, 2.24) is 5.73 Å². The van der Waals surface area contributed by atoms with Crippen molar-refractivity contribution >= 4 is 5.97 Å². The lowest BCUT2D eigenvalue weighted by atomic mass is 10.2. The second kappa shape index (κ2) is 4.62. The summed E-state index contributed by atoms with van der Waals surface area (Å²) in [6.07, 6.45) is 0. The van der Waals surface area contributed by atoms with Crippen LogP contribution in [-0.4, -0.2) is 12.0 Å². The number of ether oxygens (including phenoxy) is 1. The molecule has 0 spiro atoms. The molecule has 13 heavy (non-hydrogen) atoms. The van der Waals surface area contributed by atoms with Gasteiger partial charge in [0, 0.05) is 0 Å². The highest BCUT2D eigenvalue weighted by atomic mass is 16.5. The van der Waals surface area contributed by atoms with Gasteiger partial charge >= 0.3 is 5.97 Å². The highest BCUT2D eigenvalue weighted by Gasteiger charge is 2.08. The molecule has 1 N–H and O–H groups in total. The number of rotatable bonds is 3. The molecule has 0 aliphatic heterocycles. The van der Waals surface area contributed by atoms with Crippen molar-refractivity contribution in [2.24, 2.45) is 0 Å². The molecule has 0 saturated heterocycles. The predicted molar refractivity (Wildman–Crippen MR) is 48.8 cm³/mol. The molecular weight excluding hydrogens is 166 g/mol. The van der Waals surface area contributed by atoms with Crippen LogP contribution in [0.1, 0.15) is 12.5 Å². The van der Waals surface area contributed by atoms with Crippen molar-refractivity contribution in [3.63, 3.8) is 0 Å². The Kier molecular flexibility index (Phi) is 3.46. The van der Waals surface area contributed by atoms with Gasteiger partial charge in [-0.3, -0.25) is 4.79 Å². The van der Waals surface area contributed by atoms with Crippen LogP contribution < -0.4 is 5.73 Å². The fourth-order valence-corrected chi connectivity index (χ4v) is 0.854. The van der Waals surface area contributed by atoms with Crippen LogP contribution in [0.5, 0.6) is 0 Å². The first-order valence-electron chi connectivity index (χ1n) is 4.12. The summed E-state index contributed by atoms with van der Waals surface area (Å²) in [5.41, 5.74) is 8.02. The van der Waals surface area contributed by atoms with Crippen LogP contribution in [0, 0.1) is 0 Å². The Morgan fingerprint density at radius 2 is 2.08 bits per heavy atom. The van der Waals surface area contributed by atoms with E-state index in [0.717, 1.165) is 5.56 Å². The molecule has 0 bridgehead atoms. The van der Waals surface area contributed by atoms with Crippen molar-refractivity contribution in [2.75, 3.05) is 0 Å². The molecule has 1 aromatic carbocycles. The maximum Gasteiger partial charge on any atom is 0.324 e. The first-order chi connectivity index (χ1) is 6.20. The van der Waals surface area contributed by atoms with Gasteiger partial charge in [-0.2, -0.15) is 0 Å². The van der Waals surface area contributed by atoms with Gasteiger partial charge in [0.05, 0.1) is 0 Å². The molecule has 0 fully saturated rings. The molecule has 3 nitrogen and oxygen atoms in total. The molecule has 1 aromatic rings. The summed E-state index contributed by atoms with van der Waals surface area (Å²) in [6.45, 7) is 1.75. The maximum absolute atomic E-state index is 10.9. The lowest BCUT2D eigenvalue weighted by Gasteiger charge is -2.05. The highest BCUT2D eigenvalue weighted by molar-refractivity contribution is 5.74. The summed E-state index contributed by atoms with van der Waals surface area (Å²) in [6, 6.07) is 8.62. The Hall–Kier alpha value is -1.35. The van der Waals surface area contributed by atoms with Gasteiger partial charge in [-0.25, -0.2) is 5.73 Å². The zero-order valence-electron chi connectivity index (χ0n) is 7.49. The van der Waals surface area contributed by atoms with Crippen molar-refractivity contribution in [1.29, 1.82) is 0 Å². The Bertz CT molecular complexity index is 270. The normalized spacial score (nSPS) is 12.2. The molecule has 1 radical (unpaired) electrons. The minimum Gasteiger partial charge on any atom is -0.460 e. The molecule has 0 aromatic heterocycles. The van der Waals surface area contributed by atoms with Gasteiger partial charge in [0.25, 0.3) is 0 Å². The first-order valence-corrected chi connectivity index (χ1v) is 4.12. The van der Waals surface area contributed by atoms with Crippen molar-refractivity contribution in [2.45, 2.75) is 19.6 Å². The second-order valence-electron chi connectivity index (χ2n) is 2.81. The summed E-state index contributed by atoms with van der Waals surface area (Å²) in [5.74, 6) is -0.483. The SMILES string of the molecule is CC([NH])C(=O)OCc1ccccc1. The lowest BCUT2D eigenvalue weighted by Crippen LogP contribution is -2.20. The largest absolute Gasteiger partial charge is 0.460 e. The van der Waals surface area contributed by atoms with Crippen LogP contribution in [0.15, 0.2) is 30.3 Å². The maximum atomic E-state index is 10.9. The van der Waals surface area contributed by atoms with Gasteiger partial charge in [-0.05, 0) is 12.5 Å². The summed E-state index contributed by atoms with van der Waals surface area (Å²) >= 11 is 0. The van der Waals surface area contributed by atoms with E-state index in [1.165, 1.54) is 6.92 Å². The topological polar surface area (TPSA) is 50.1 Å². The van der Waals surface area contributed by atoms with E-state index < -0.39 is 12.0 Å². The van der Waals surface area contributed by atoms with Gasteiger partial charge in [-0.15, -0.1) is 0 Å². The van der Waals surface area contributed by atoms with Crippen LogP contribution in [0.2, 0.25) is 0 Å². The van der Waals surface area contributed by atoms with E-state index in [1.54, 1.807) is 0 Å². The molecule has 1 atom stereocenters. The molecule has 69 valence electrons. The minimum absolute atomic E-state index is 0.253. The molecule has 1 unspecified atom stereocenters. The summed E-state index contributed by atoms with van der Waals surface area (Å²) in [7, 11) is 0. The number of hydrogen-bond donors (Lipinski definition) is 0. The van der Waals surface area contributed by atoms with E-state index in [9.17, 15) is 4.79 Å². The average Bonchev–Trinajstić information content (AvgIpc) is 2.15. The summed E-state index contributed by atoms with van der Waals surface area (Å²) < 4.78 is 4.86. The van der Waals surface area contributed by atoms with E-state index in [-0.39, 0.29) is 6.61 Å². The van der Waals surface area contributed by atoms with Gasteiger partial charge in [0.15, 0.2) is 0 Å². The average molecular weight is 178 g/mol. The number of carbonyl (C=O) groups is 1. The lowest BCUT2D eigenvalue weighted by molar-refractivity contribution is -0.146. The van der Waals surface area contributed by atoms with Crippen LogP contribution >= 0.6 is 0 Å². The van der Waals surface area contributed by atoms with Crippen molar-refractivity contribution in [3.8, 4) is 0 Å². The molecule has 0 amide bonds. The summed E-state index contributed by atoms with van der Waals surface area (Å²) in [4.78, 5) is 10.9. The third-order valence-corrected chi connectivity index (χ3v) is 1.58. The van der Waals surface area contributed by atoms with E-state index in [4.69, 9.17) is 10.5 Å². The van der Waals surface area contributed by atoms with Gasteiger partial charge < -0.3 is 4.74 Å². The molecule has 0 aliphatic rings. The third-order valence-electron chi connectivity index (χ3n) is 1.58. The smallest absolute Gasteiger partial charge is 0.324 e. The van der Waals surface area contributed by atoms with Crippen LogP contribution in [-0.2, 0) is 16.1 Å². The Balaban J connectivity index is 2.40. The third kappa shape index (κ3) is 3.25. The van der Waals surface area contributed by atoms with Crippen molar-refractivity contribution in [3.05, 3.63) is 35.9 Å². The number of nitrogens with one attached hydrogen (secondary N) is 1. The van der Waals surface area contributed by atoms with Gasteiger partial charge in [-0.1, -0.05) is 30.3 Å². The predicted octanol–water partition coefficient (Wildman–Crippen LogP) is 1.40. The van der Waals surface area contributed by atoms with E-state index in [2.05, 4.69) is 0 Å². The van der Waals surface area contributed by atoms with Crippen LogP contribution in [0.4, 0.5) is 0 Å². The zero-order chi connectivity index (χ0) is 9.68. The molecule has 0 aliphatic carbocycles. The number of esters is 1. The van der Waals surface area contributed by atoms with Crippen molar-refractivity contribution < 1.29 is 9.53 Å². The quantitative estimate of drug-likeness (QED) is 0.657. The fourth-order valence-electron chi connectivity index (χ4n) is 0.854. The standard InChI is InChI=1S/C10H12NO2/c1-8(11)10(12)13-7-9-5-3-2-4-6-9/h2-6,8,11H,7H2,1H3. The Morgan fingerprint density at radius 3 is 2.62 bits per heavy atom. The van der Waals surface area contributed by atoms with Gasteiger partial charge in [0.2, 0.25) is 0 Å². The van der Waals surface area contributed by atoms with E-state index >= 15 is 0 Å². The van der Waals surface area contributed by atoms with Crippen LogP contribution in [0.3, 0.4) is 0 Å². The monoisotopic (exact) mass is 178 g/mol. The van der Waals surface area contributed by atoms with Gasteiger partial charge in [0.1, 0.15) is 12.6 Å². The van der Waals surface area contributed by atoms with Crippen LogP contribution in [0.25, 0.3) is 0 Å². The molecule has 0 heterocycles. The van der Waals surface area contributed by atoms with E-state index in [1.807, 2.05) is 30.3 Å². The zero-order valence-corrected chi connectivity index (χ0v) is 7.49. The highest BCUT2D eigenvalue weighted by Crippen LogP contribution is 2.01. The fraction of sp³-hybridized carbons (Fsp3) is 0.300. The van der Waals surface area contributed by atoms with E-state index in [0.29, 0.717) is 0 Å². The second-order valence-corrected chi connectivity index (χ2v) is 2.81. The minimum atomic E-state index is -0.802. The molecular formula is C10H12NO2. The molecule has 0 saturated carbocycles. The Labute approximate surface area is 77.5 Å².